The molecule has 4 nitrogen and oxygen atoms in total. The molecule has 0 aliphatic carbocycles. The van der Waals surface area contributed by atoms with Gasteiger partial charge in [-0.3, -0.25) is 0 Å². The molecule has 86 valence electrons. The van der Waals surface area contributed by atoms with Crippen molar-refractivity contribution >= 4 is 11.2 Å². The van der Waals surface area contributed by atoms with Gasteiger partial charge in [-0.25, -0.2) is 9.97 Å². The van der Waals surface area contributed by atoms with E-state index in [0.717, 1.165) is 16.7 Å². The first-order valence-electron chi connectivity index (χ1n) is 5.45. The van der Waals surface area contributed by atoms with Crippen LogP contribution in [0, 0.1) is 0 Å². The van der Waals surface area contributed by atoms with Crippen molar-refractivity contribution in [1.82, 2.24) is 14.5 Å². The molecule has 16 heavy (non-hydrogen) atoms. The van der Waals surface area contributed by atoms with Crippen molar-refractivity contribution in [3.8, 4) is 0 Å². The van der Waals surface area contributed by atoms with Crippen LogP contribution in [-0.4, -0.2) is 19.6 Å². The normalized spacial score (nSPS) is 12.6. The van der Waals surface area contributed by atoms with Crippen molar-refractivity contribution in [2.45, 2.75) is 39.3 Å². The molecule has 0 atom stereocenters. The summed E-state index contributed by atoms with van der Waals surface area (Å²) in [4.78, 5) is 8.67. The van der Waals surface area contributed by atoms with E-state index in [2.05, 4.69) is 23.8 Å². The van der Waals surface area contributed by atoms with Gasteiger partial charge in [0, 0.05) is 17.8 Å². The van der Waals surface area contributed by atoms with Crippen LogP contribution >= 0.6 is 0 Å². The predicted octanol–water partition coefficient (Wildman–Crippen LogP) is 2.24. The average Bonchev–Trinajstić information content (AvgIpc) is 2.58. The summed E-state index contributed by atoms with van der Waals surface area (Å²) in [6.45, 7) is 7.69. The van der Waals surface area contributed by atoms with Crippen molar-refractivity contribution in [1.29, 1.82) is 0 Å². The minimum Gasteiger partial charge on any atom is -0.386 e. The fourth-order valence-electron chi connectivity index (χ4n) is 1.81. The molecular weight excluding hydrogens is 202 g/mol. The van der Waals surface area contributed by atoms with E-state index in [1.807, 2.05) is 10.6 Å². The zero-order valence-electron chi connectivity index (χ0n) is 10.1. The van der Waals surface area contributed by atoms with Crippen LogP contribution in [0.5, 0.6) is 0 Å². The van der Waals surface area contributed by atoms with Gasteiger partial charge in [0.1, 0.15) is 5.52 Å². The Bertz CT molecular complexity index is 508. The number of imidazole rings is 1. The Morgan fingerprint density at radius 1 is 1.31 bits per heavy atom. The largest absolute Gasteiger partial charge is 0.386 e. The van der Waals surface area contributed by atoms with Crippen LogP contribution in [0.1, 0.15) is 39.3 Å². The average molecular weight is 219 g/mol. The van der Waals surface area contributed by atoms with Crippen LogP contribution in [0.2, 0.25) is 0 Å². The Kier molecular flexibility index (Phi) is 2.46. The Morgan fingerprint density at radius 3 is 2.56 bits per heavy atom. The summed E-state index contributed by atoms with van der Waals surface area (Å²) < 4.78 is 2.00. The lowest BCUT2D eigenvalue weighted by molar-refractivity contribution is 0.0799. The molecule has 0 saturated carbocycles. The Labute approximate surface area is 95.0 Å². The molecule has 0 saturated heterocycles. The summed E-state index contributed by atoms with van der Waals surface area (Å²) in [5.74, 6) is 0. The van der Waals surface area contributed by atoms with Gasteiger partial charge in [-0.15, -0.1) is 0 Å². The van der Waals surface area contributed by atoms with Crippen molar-refractivity contribution in [2.24, 2.45) is 0 Å². The van der Waals surface area contributed by atoms with Crippen LogP contribution in [0.4, 0.5) is 0 Å². The monoisotopic (exact) mass is 219 g/mol. The summed E-state index contributed by atoms with van der Waals surface area (Å²) >= 11 is 0. The fraction of sp³-hybridized carbons (Fsp3) is 0.500. The second-order valence-electron chi connectivity index (χ2n) is 4.84. The first kappa shape index (κ1) is 11.1. The van der Waals surface area contributed by atoms with Gasteiger partial charge in [-0.05, 0) is 33.8 Å². The maximum atomic E-state index is 10.1. The second-order valence-corrected chi connectivity index (χ2v) is 4.84. The summed E-state index contributed by atoms with van der Waals surface area (Å²) in [6.07, 6.45) is 3.49. The van der Waals surface area contributed by atoms with Crippen LogP contribution in [0.15, 0.2) is 18.6 Å². The molecule has 4 heteroatoms. The summed E-state index contributed by atoms with van der Waals surface area (Å²) in [5, 5.41) is 10.1. The van der Waals surface area contributed by atoms with Gasteiger partial charge in [0.25, 0.3) is 0 Å². The third-order valence-corrected chi connectivity index (χ3v) is 2.68. The highest BCUT2D eigenvalue weighted by atomic mass is 16.3. The summed E-state index contributed by atoms with van der Waals surface area (Å²) in [7, 11) is 0. The molecule has 0 aliphatic heterocycles. The third kappa shape index (κ3) is 1.69. The fourth-order valence-corrected chi connectivity index (χ4v) is 1.81. The summed E-state index contributed by atoms with van der Waals surface area (Å²) in [5.41, 5.74) is 1.53. The van der Waals surface area contributed by atoms with E-state index in [4.69, 9.17) is 0 Å². The molecule has 2 aromatic heterocycles. The lowest BCUT2D eigenvalue weighted by Crippen LogP contribution is -2.16. The Hall–Kier alpha value is -1.42. The second kappa shape index (κ2) is 3.56. The molecular formula is C12H17N3O. The van der Waals surface area contributed by atoms with E-state index in [1.165, 1.54) is 0 Å². The highest BCUT2D eigenvalue weighted by molar-refractivity contribution is 5.75. The maximum Gasteiger partial charge on any atom is 0.160 e. The minimum atomic E-state index is -0.892. The number of pyridine rings is 1. The number of rotatable bonds is 2. The van der Waals surface area contributed by atoms with Gasteiger partial charge in [0.15, 0.2) is 5.65 Å². The first-order chi connectivity index (χ1) is 7.41. The SMILES string of the molecule is CC(C)n1cnc2c(C(C)(C)O)ccnc21. The number of fused-ring (bicyclic) bond motifs is 1. The van der Waals surface area contributed by atoms with Crippen LogP contribution < -0.4 is 0 Å². The van der Waals surface area contributed by atoms with Crippen LogP contribution in [0.3, 0.4) is 0 Å². The minimum absolute atomic E-state index is 0.314. The van der Waals surface area contributed by atoms with Crippen LogP contribution in [-0.2, 0) is 5.60 Å². The number of aromatic nitrogens is 3. The molecule has 2 aromatic rings. The van der Waals surface area contributed by atoms with Gasteiger partial charge >= 0.3 is 0 Å². The maximum absolute atomic E-state index is 10.1. The highest BCUT2D eigenvalue weighted by Crippen LogP contribution is 2.26. The quantitative estimate of drug-likeness (QED) is 0.842. The van der Waals surface area contributed by atoms with E-state index in [9.17, 15) is 5.11 Å². The third-order valence-electron chi connectivity index (χ3n) is 2.68. The smallest absolute Gasteiger partial charge is 0.160 e. The van der Waals surface area contributed by atoms with E-state index in [1.54, 1.807) is 26.4 Å². The highest BCUT2D eigenvalue weighted by Gasteiger charge is 2.21. The van der Waals surface area contributed by atoms with Crippen molar-refractivity contribution in [3.63, 3.8) is 0 Å². The number of aliphatic hydroxyl groups is 1. The van der Waals surface area contributed by atoms with Crippen molar-refractivity contribution in [2.75, 3.05) is 0 Å². The molecule has 1 N–H and O–H groups in total. The van der Waals surface area contributed by atoms with Crippen LogP contribution in [0.25, 0.3) is 11.2 Å². The van der Waals surface area contributed by atoms with Gasteiger partial charge in [0.05, 0.1) is 11.9 Å². The van der Waals surface area contributed by atoms with Crippen molar-refractivity contribution < 1.29 is 5.11 Å². The molecule has 0 aromatic carbocycles. The van der Waals surface area contributed by atoms with Crippen molar-refractivity contribution in [3.05, 3.63) is 24.2 Å². The van der Waals surface area contributed by atoms with E-state index in [-0.39, 0.29) is 0 Å². The van der Waals surface area contributed by atoms with Gasteiger partial charge in [0.2, 0.25) is 0 Å². The Balaban J connectivity index is 2.72. The topological polar surface area (TPSA) is 50.9 Å². The van der Waals surface area contributed by atoms with E-state index < -0.39 is 5.60 Å². The zero-order valence-corrected chi connectivity index (χ0v) is 10.1. The van der Waals surface area contributed by atoms with E-state index >= 15 is 0 Å². The number of hydrogen-bond donors (Lipinski definition) is 1. The molecule has 0 radical (unpaired) electrons. The molecule has 0 fully saturated rings. The molecule has 0 aliphatic rings. The first-order valence-corrected chi connectivity index (χ1v) is 5.45. The summed E-state index contributed by atoms with van der Waals surface area (Å²) in [6, 6.07) is 2.13. The molecule has 0 bridgehead atoms. The predicted molar refractivity (Wildman–Crippen MR) is 63.2 cm³/mol. The molecule has 0 unspecified atom stereocenters. The molecule has 2 rings (SSSR count). The van der Waals surface area contributed by atoms with E-state index in [0.29, 0.717) is 6.04 Å². The Morgan fingerprint density at radius 2 is 2.00 bits per heavy atom. The molecule has 0 spiro atoms. The zero-order chi connectivity index (χ0) is 11.9. The number of nitrogens with zero attached hydrogens (tertiary/aromatic N) is 3. The molecule has 0 amide bonds. The van der Waals surface area contributed by atoms with Gasteiger partial charge in [-0.2, -0.15) is 0 Å². The lowest BCUT2D eigenvalue weighted by atomic mass is 9.99. The van der Waals surface area contributed by atoms with Gasteiger partial charge < -0.3 is 9.67 Å². The van der Waals surface area contributed by atoms with Gasteiger partial charge in [-0.1, -0.05) is 0 Å². The number of hydrogen-bond acceptors (Lipinski definition) is 3. The lowest BCUT2D eigenvalue weighted by Gasteiger charge is -2.18. The standard InChI is InChI=1S/C12H17N3O/c1-8(2)15-7-14-10-9(12(3,4)16)5-6-13-11(10)15/h5-8,16H,1-4H3. The molecule has 2 heterocycles.